The van der Waals surface area contributed by atoms with Crippen molar-refractivity contribution >= 4 is 23.8 Å². The fourth-order valence-corrected chi connectivity index (χ4v) is 3.74. The number of amides is 2. The average molecular weight is 395 g/mol. The summed E-state index contributed by atoms with van der Waals surface area (Å²) in [5.74, 6) is -2.93. The Balaban J connectivity index is 1.91. The van der Waals surface area contributed by atoms with E-state index in [1.807, 2.05) is 0 Å². The molecule has 3 rings (SSSR count). The number of fused-ring (bicyclic) bond motifs is 1. The van der Waals surface area contributed by atoms with E-state index in [1.54, 1.807) is 50.2 Å². The summed E-state index contributed by atoms with van der Waals surface area (Å²) in [7, 11) is 1.29. The van der Waals surface area contributed by atoms with Crippen molar-refractivity contribution in [3.8, 4) is 0 Å². The number of rotatable bonds is 6. The molecule has 0 fully saturated rings. The quantitative estimate of drug-likeness (QED) is 0.596. The van der Waals surface area contributed by atoms with Crippen molar-refractivity contribution in [3.63, 3.8) is 0 Å². The number of hydrogen-bond donors (Lipinski definition) is 1. The number of carboxylic acids is 1. The Morgan fingerprint density at radius 3 is 1.97 bits per heavy atom. The molecule has 0 unspecified atom stereocenters. The Morgan fingerprint density at radius 2 is 1.52 bits per heavy atom. The molecule has 0 saturated carbocycles. The minimum absolute atomic E-state index is 0.210. The zero-order chi connectivity index (χ0) is 21.3. The number of aliphatic carboxylic acids is 1. The molecule has 7 heteroatoms. The molecular weight excluding hydrogens is 374 g/mol. The summed E-state index contributed by atoms with van der Waals surface area (Å²) in [6.45, 7) is 3.40. The zero-order valence-electron chi connectivity index (χ0n) is 16.3. The van der Waals surface area contributed by atoms with Gasteiger partial charge in [0.25, 0.3) is 11.8 Å². The van der Waals surface area contributed by atoms with E-state index in [0.29, 0.717) is 5.56 Å². The molecule has 0 spiro atoms. The van der Waals surface area contributed by atoms with Crippen molar-refractivity contribution < 1.29 is 29.0 Å². The number of ether oxygens (including phenoxy) is 1. The molecule has 0 aromatic heterocycles. The first-order chi connectivity index (χ1) is 13.7. The molecule has 2 amide bonds. The van der Waals surface area contributed by atoms with E-state index in [0.717, 1.165) is 10.5 Å². The summed E-state index contributed by atoms with van der Waals surface area (Å²) in [4.78, 5) is 50.2. The normalized spacial score (nSPS) is 14.5. The first-order valence-corrected chi connectivity index (χ1v) is 9.04. The molecule has 1 atom stereocenters. The van der Waals surface area contributed by atoms with Gasteiger partial charge in [0.15, 0.2) is 0 Å². The fraction of sp³-hybridized carbons (Fsp3) is 0.273. The van der Waals surface area contributed by atoms with Gasteiger partial charge in [-0.05, 0) is 36.2 Å². The number of benzene rings is 2. The van der Waals surface area contributed by atoms with E-state index in [-0.39, 0.29) is 17.5 Å². The van der Waals surface area contributed by atoms with Gasteiger partial charge in [-0.3, -0.25) is 14.5 Å². The van der Waals surface area contributed by atoms with Crippen molar-refractivity contribution in [2.45, 2.75) is 26.3 Å². The second-order valence-electron chi connectivity index (χ2n) is 7.62. The smallest absolute Gasteiger partial charge is 0.337 e. The van der Waals surface area contributed by atoms with Crippen molar-refractivity contribution in [2.24, 2.45) is 5.41 Å². The second-order valence-corrected chi connectivity index (χ2v) is 7.62. The number of carboxylic acid groups (broad SMARTS) is 1. The third-order valence-electron chi connectivity index (χ3n) is 5.09. The summed E-state index contributed by atoms with van der Waals surface area (Å²) < 4.78 is 4.67. The van der Waals surface area contributed by atoms with E-state index in [9.17, 15) is 24.3 Å². The van der Waals surface area contributed by atoms with Crippen LogP contribution in [0.1, 0.15) is 50.5 Å². The van der Waals surface area contributed by atoms with E-state index in [4.69, 9.17) is 0 Å². The van der Waals surface area contributed by atoms with Crippen LogP contribution in [-0.4, -0.2) is 46.9 Å². The summed E-state index contributed by atoms with van der Waals surface area (Å²) >= 11 is 0. The lowest BCUT2D eigenvalue weighted by atomic mass is 9.77. The molecule has 0 bridgehead atoms. The van der Waals surface area contributed by atoms with Crippen LogP contribution in [0, 0.1) is 5.41 Å². The summed E-state index contributed by atoms with van der Waals surface area (Å²) in [6.07, 6.45) is 0.277. The van der Waals surface area contributed by atoms with Gasteiger partial charge in [0.2, 0.25) is 0 Å². The molecule has 150 valence electrons. The lowest BCUT2D eigenvalue weighted by Crippen LogP contribution is -2.53. The Kier molecular flexibility index (Phi) is 5.24. The van der Waals surface area contributed by atoms with Crippen molar-refractivity contribution in [1.29, 1.82) is 0 Å². The van der Waals surface area contributed by atoms with Gasteiger partial charge >= 0.3 is 11.9 Å². The number of carbonyl (C=O) groups is 4. The number of hydrogen-bond acceptors (Lipinski definition) is 5. The molecule has 2 aromatic carbocycles. The maximum Gasteiger partial charge on any atom is 0.337 e. The van der Waals surface area contributed by atoms with E-state index >= 15 is 0 Å². The highest BCUT2D eigenvalue weighted by molar-refractivity contribution is 6.22. The van der Waals surface area contributed by atoms with Gasteiger partial charge < -0.3 is 9.84 Å². The van der Waals surface area contributed by atoms with Crippen LogP contribution in [0.25, 0.3) is 0 Å². The maximum atomic E-state index is 12.8. The van der Waals surface area contributed by atoms with Crippen molar-refractivity contribution in [1.82, 2.24) is 4.90 Å². The van der Waals surface area contributed by atoms with Crippen LogP contribution in [0.5, 0.6) is 0 Å². The molecule has 0 radical (unpaired) electrons. The van der Waals surface area contributed by atoms with Gasteiger partial charge in [-0.2, -0.15) is 0 Å². The van der Waals surface area contributed by atoms with Gasteiger partial charge in [-0.15, -0.1) is 0 Å². The Bertz CT molecular complexity index is 958. The molecule has 0 aliphatic carbocycles. The van der Waals surface area contributed by atoms with Crippen LogP contribution in [0.3, 0.4) is 0 Å². The van der Waals surface area contributed by atoms with Crippen LogP contribution in [0.2, 0.25) is 0 Å². The van der Waals surface area contributed by atoms with E-state index < -0.39 is 35.2 Å². The highest BCUT2D eigenvalue weighted by Gasteiger charge is 2.49. The highest BCUT2D eigenvalue weighted by atomic mass is 16.5. The molecule has 1 heterocycles. The molecular formula is C22H21NO6. The number of esters is 1. The maximum absolute atomic E-state index is 12.8. The minimum atomic E-state index is -1.35. The Labute approximate surface area is 167 Å². The predicted octanol–water partition coefficient (Wildman–Crippen LogP) is 2.79. The first-order valence-electron chi connectivity index (χ1n) is 9.04. The standard InChI is InChI=1S/C22H21NO6/c1-22(2,12-13-8-10-14(11-9-13)21(28)29-3)17(20(26)27)23-18(24)15-6-4-5-7-16(15)19(23)25/h4-11,17H,12H2,1-3H3,(H,26,27)/t17-/m1/s1. The topological polar surface area (TPSA) is 101 Å². The van der Waals surface area contributed by atoms with Crippen LogP contribution >= 0.6 is 0 Å². The monoisotopic (exact) mass is 395 g/mol. The Morgan fingerprint density at radius 1 is 1.00 bits per heavy atom. The highest BCUT2D eigenvalue weighted by Crippen LogP contribution is 2.35. The molecule has 1 aliphatic rings. The lowest BCUT2D eigenvalue weighted by molar-refractivity contribution is -0.145. The van der Waals surface area contributed by atoms with Crippen LogP contribution in [0.4, 0.5) is 0 Å². The van der Waals surface area contributed by atoms with Crippen LogP contribution < -0.4 is 0 Å². The van der Waals surface area contributed by atoms with Gasteiger partial charge in [-0.1, -0.05) is 38.1 Å². The first kappa shape index (κ1) is 20.3. The predicted molar refractivity (Wildman–Crippen MR) is 104 cm³/mol. The zero-order valence-corrected chi connectivity index (χ0v) is 16.3. The third-order valence-corrected chi connectivity index (χ3v) is 5.09. The van der Waals surface area contributed by atoms with Gasteiger partial charge in [0, 0.05) is 5.41 Å². The van der Waals surface area contributed by atoms with Crippen LogP contribution in [-0.2, 0) is 16.0 Å². The molecule has 1 aliphatic heterocycles. The number of carbonyl (C=O) groups excluding carboxylic acids is 3. The summed E-state index contributed by atoms with van der Waals surface area (Å²) in [6, 6.07) is 11.6. The largest absolute Gasteiger partial charge is 0.480 e. The Hall–Kier alpha value is -3.48. The molecule has 0 saturated heterocycles. The number of nitrogens with zero attached hydrogens (tertiary/aromatic N) is 1. The van der Waals surface area contributed by atoms with Crippen LogP contribution in [0.15, 0.2) is 48.5 Å². The van der Waals surface area contributed by atoms with Gasteiger partial charge in [0.1, 0.15) is 6.04 Å². The van der Waals surface area contributed by atoms with Gasteiger partial charge in [-0.25, -0.2) is 9.59 Å². The van der Waals surface area contributed by atoms with Crippen molar-refractivity contribution in [2.75, 3.05) is 7.11 Å². The fourth-order valence-electron chi connectivity index (χ4n) is 3.74. The second kappa shape index (κ2) is 7.50. The van der Waals surface area contributed by atoms with Gasteiger partial charge in [0.05, 0.1) is 23.8 Å². The van der Waals surface area contributed by atoms with Crippen molar-refractivity contribution in [3.05, 3.63) is 70.8 Å². The summed E-state index contributed by atoms with van der Waals surface area (Å²) in [5, 5.41) is 9.90. The number of methoxy groups -OCH3 is 1. The molecule has 29 heavy (non-hydrogen) atoms. The minimum Gasteiger partial charge on any atom is -0.480 e. The SMILES string of the molecule is COC(=O)c1ccc(CC(C)(C)[C@@H](C(=O)O)N2C(=O)c3ccccc3C2=O)cc1. The lowest BCUT2D eigenvalue weighted by Gasteiger charge is -2.36. The van der Waals surface area contributed by atoms with E-state index in [1.165, 1.54) is 19.2 Å². The third kappa shape index (κ3) is 3.63. The average Bonchev–Trinajstić information content (AvgIpc) is 2.93. The van der Waals surface area contributed by atoms with E-state index in [2.05, 4.69) is 4.74 Å². The molecule has 7 nitrogen and oxygen atoms in total. The molecule has 2 aromatic rings. The number of imide groups is 1. The molecule has 1 N–H and O–H groups in total. The summed E-state index contributed by atoms with van der Waals surface area (Å²) in [5.41, 5.74) is 0.602.